The molecular formula is C16H21N3O2. The van der Waals surface area contributed by atoms with Crippen LogP contribution < -0.4 is 11.1 Å². The molecule has 0 radical (unpaired) electrons. The van der Waals surface area contributed by atoms with Gasteiger partial charge in [-0.25, -0.2) is 0 Å². The van der Waals surface area contributed by atoms with E-state index in [2.05, 4.69) is 31.3 Å². The first-order chi connectivity index (χ1) is 9.94. The number of allylic oxidation sites excluding steroid dienone is 2. The van der Waals surface area contributed by atoms with Crippen LogP contribution in [0.4, 0.5) is 11.4 Å². The number of nitro benzene ring substituents is 1. The number of nitrogens with two attached hydrogens (primary N) is 1. The number of hydrogen-bond donors (Lipinski definition) is 2. The van der Waals surface area contributed by atoms with Crippen LogP contribution in [0.2, 0.25) is 0 Å². The molecule has 1 heterocycles. The Bertz CT molecular complexity index is 610. The topological polar surface area (TPSA) is 81.2 Å². The molecule has 3 N–H and O–H groups in total. The normalized spacial score (nSPS) is 26.9. The molecule has 1 aliphatic carbocycles. The van der Waals surface area contributed by atoms with Gasteiger partial charge in [0.2, 0.25) is 0 Å². The fraction of sp³-hybridized carbons (Fsp3) is 0.500. The lowest BCUT2D eigenvalue weighted by molar-refractivity contribution is -0.384. The zero-order valence-electron chi connectivity index (χ0n) is 12.4. The van der Waals surface area contributed by atoms with Gasteiger partial charge in [0.25, 0.3) is 5.69 Å². The molecule has 5 nitrogen and oxygen atoms in total. The third-order valence-electron chi connectivity index (χ3n) is 4.93. The Morgan fingerprint density at radius 3 is 2.90 bits per heavy atom. The molecule has 3 rings (SSSR count). The number of anilines is 1. The van der Waals surface area contributed by atoms with Crippen LogP contribution in [0.15, 0.2) is 30.4 Å². The number of nitrogens with one attached hydrogen (secondary N) is 1. The monoisotopic (exact) mass is 287 g/mol. The first-order valence-electron chi connectivity index (χ1n) is 7.35. The third-order valence-corrected chi connectivity index (χ3v) is 4.93. The van der Waals surface area contributed by atoms with Crippen LogP contribution in [0.25, 0.3) is 0 Å². The number of benzene rings is 1. The average molecular weight is 287 g/mol. The van der Waals surface area contributed by atoms with Crippen molar-refractivity contribution in [2.24, 2.45) is 17.1 Å². The predicted molar refractivity (Wildman–Crippen MR) is 83.3 cm³/mol. The van der Waals surface area contributed by atoms with Gasteiger partial charge < -0.3 is 11.1 Å². The van der Waals surface area contributed by atoms with Gasteiger partial charge in [-0.3, -0.25) is 10.1 Å². The van der Waals surface area contributed by atoms with Crippen LogP contribution in [0.1, 0.15) is 31.7 Å². The third kappa shape index (κ3) is 2.21. The van der Waals surface area contributed by atoms with Crippen molar-refractivity contribution in [1.82, 2.24) is 0 Å². The average Bonchev–Trinajstić information content (AvgIpc) is 2.95. The largest absolute Gasteiger partial charge is 0.381 e. The highest BCUT2D eigenvalue weighted by Crippen LogP contribution is 2.49. The molecular weight excluding hydrogens is 266 g/mol. The first kappa shape index (κ1) is 14.1. The predicted octanol–water partition coefficient (Wildman–Crippen LogP) is 3.03. The summed E-state index contributed by atoms with van der Waals surface area (Å²) in [6.45, 7) is 4.96. The van der Waals surface area contributed by atoms with Crippen LogP contribution >= 0.6 is 0 Å². The van der Waals surface area contributed by atoms with Crippen molar-refractivity contribution in [1.29, 1.82) is 0 Å². The lowest BCUT2D eigenvalue weighted by atomic mass is 9.69. The van der Waals surface area contributed by atoms with E-state index >= 15 is 0 Å². The minimum absolute atomic E-state index is 0.0194. The Kier molecular flexibility index (Phi) is 3.24. The Hall–Kier alpha value is -1.88. The van der Waals surface area contributed by atoms with E-state index in [9.17, 15) is 10.1 Å². The van der Waals surface area contributed by atoms with Gasteiger partial charge in [0.15, 0.2) is 0 Å². The summed E-state index contributed by atoms with van der Waals surface area (Å²) in [5.74, 6) is 0.662. The van der Waals surface area contributed by atoms with E-state index in [1.165, 1.54) is 0 Å². The van der Waals surface area contributed by atoms with Gasteiger partial charge in [0.1, 0.15) is 0 Å². The smallest absolute Gasteiger partial charge is 0.269 e. The highest BCUT2D eigenvalue weighted by molar-refractivity contribution is 5.62. The highest BCUT2D eigenvalue weighted by atomic mass is 16.6. The second-order valence-corrected chi connectivity index (χ2v) is 6.70. The molecule has 1 aliphatic heterocycles. The van der Waals surface area contributed by atoms with E-state index in [1.54, 1.807) is 12.1 Å². The zero-order valence-corrected chi connectivity index (χ0v) is 12.4. The second-order valence-electron chi connectivity index (χ2n) is 6.70. The van der Waals surface area contributed by atoms with Gasteiger partial charge in [-0.15, -0.1) is 0 Å². The highest BCUT2D eigenvalue weighted by Gasteiger charge is 2.43. The molecule has 2 aliphatic rings. The minimum atomic E-state index is -0.330. The fourth-order valence-corrected chi connectivity index (χ4v) is 3.60. The van der Waals surface area contributed by atoms with Crippen molar-refractivity contribution < 1.29 is 4.92 Å². The van der Waals surface area contributed by atoms with E-state index in [4.69, 9.17) is 5.73 Å². The maximum absolute atomic E-state index is 11.0. The molecule has 1 aromatic rings. The summed E-state index contributed by atoms with van der Waals surface area (Å²) >= 11 is 0. The van der Waals surface area contributed by atoms with Gasteiger partial charge >= 0.3 is 0 Å². The number of rotatable bonds is 3. The summed E-state index contributed by atoms with van der Waals surface area (Å²) in [7, 11) is 0. The Morgan fingerprint density at radius 1 is 1.48 bits per heavy atom. The molecule has 112 valence electrons. The van der Waals surface area contributed by atoms with E-state index in [0.717, 1.165) is 17.7 Å². The lowest BCUT2D eigenvalue weighted by Crippen LogP contribution is -2.49. The van der Waals surface area contributed by atoms with Crippen LogP contribution in [-0.4, -0.2) is 17.5 Å². The molecule has 0 spiro atoms. The Morgan fingerprint density at radius 2 is 2.24 bits per heavy atom. The molecule has 3 atom stereocenters. The summed E-state index contributed by atoms with van der Waals surface area (Å²) in [6.07, 6.45) is 5.37. The molecule has 3 unspecified atom stereocenters. The summed E-state index contributed by atoms with van der Waals surface area (Å²) < 4.78 is 0. The summed E-state index contributed by atoms with van der Waals surface area (Å²) in [4.78, 5) is 10.7. The molecule has 0 fully saturated rings. The quantitative estimate of drug-likeness (QED) is 0.508. The Labute approximate surface area is 124 Å². The zero-order chi connectivity index (χ0) is 15.2. The van der Waals surface area contributed by atoms with Gasteiger partial charge in [-0.05, 0) is 35.9 Å². The Balaban J connectivity index is 2.05. The van der Waals surface area contributed by atoms with Crippen molar-refractivity contribution in [3.05, 3.63) is 46.0 Å². The molecule has 1 aromatic carbocycles. The van der Waals surface area contributed by atoms with Gasteiger partial charge in [0, 0.05) is 29.8 Å². The van der Waals surface area contributed by atoms with Crippen LogP contribution in [0.5, 0.6) is 0 Å². The maximum atomic E-state index is 11.0. The lowest BCUT2D eigenvalue weighted by Gasteiger charge is -2.45. The number of nitro groups is 1. The second kappa shape index (κ2) is 4.84. The van der Waals surface area contributed by atoms with Gasteiger partial charge in [-0.2, -0.15) is 0 Å². The van der Waals surface area contributed by atoms with Gasteiger partial charge in [-0.1, -0.05) is 26.0 Å². The molecule has 0 aromatic heterocycles. The summed E-state index contributed by atoms with van der Waals surface area (Å²) in [6, 6.07) is 5.38. The maximum Gasteiger partial charge on any atom is 0.269 e. The van der Waals surface area contributed by atoms with Crippen molar-refractivity contribution >= 4 is 11.4 Å². The molecule has 0 amide bonds. The van der Waals surface area contributed by atoms with Crippen molar-refractivity contribution in [2.45, 2.75) is 32.2 Å². The SMILES string of the molecule is CC(C)(CN)C1Nc2ccc([N+](=O)[O-])cc2C2C=CCC21. The number of hydrogen-bond acceptors (Lipinski definition) is 4. The number of non-ortho nitro benzene ring substituents is 1. The number of nitrogens with zero attached hydrogens (tertiary/aromatic N) is 1. The summed E-state index contributed by atoms with van der Waals surface area (Å²) in [5, 5.41) is 14.6. The fourth-order valence-electron chi connectivity index (χ4n) is 3.60. The van der Waals surface area contributed by atoms with Crippen LogP contribution in [0, 0.1) is 21.4 Å². The first-order valence-corrected chi connectivity index (χ1v) is 7.35. The minimum Gasteiger partial charge on any atom is -0.381 e. The van der Waals surface area contributed by atoms with Crippen molar-refractivity contribution in [3.8, 4) is 0 Å². The molecule has 0 bridgehead atoms. The van der Waals surface area contributed by atoms with E-state index in [1.807, 2.05) is 6.07 Å². The van der Waals surface area contributed by atoms with Crippen LogP contribution in [-0.2, 0) is 0 Å². The number of fused-ring (bicyclic) bond motifs is 3. The molecule has 5 heteroatoms. The van der Waals surface area contributed by atoms with E-state index in [0.29, 0.717) is 12.5 Å². The molecule has 0 saturated carbocycles. The summed E-state index contributed by atoms with van der Waals surface area (Å²) in [5.41, 5.74) is 8.13. The van der Waals surface area contributed by atoms with Crippen LogP contribution in [0.3, 0.4) is 0 Å². The van der Waals surface area contributed by atoms with Crippen molar-refractivity contribution in [2.75, 3.05) is 11.9 Å². The van der Waals surface area contributed by atoms with E-state index < -0.39 is 0 Å². The van der Waals surface area contributed by atoms with Crippen molar-refractivity contribution in [3.63, 3.8) is 0 Å². The molecule has 0 saturated heterocycles. The molecule has 21 heavy (non-hydrogen) atoms. The van der Waals surface area contributed by atoms with E-state index in [-0.39, 0.29) is 28.0 Å². The standard InChI is InChI=1S/C16H21N3O2/c1-16(2,9-17)15-12-5-3-4-11(12)13-8-10(19(20)21)6-7-14(13)18-15/h3-4,6-8,11-12,15,18H,5,9,17H2,1-2H3. The van der Waals surface area contributed by atoms with Gasteiger partial charge in [0.05, 0.1) is 4.92 Å².